The third kappa shape index (κ3) is 3.56. The van der Waals surface area contributed by atoms with Crippen molar-refractivity contribution < 1.29 is 22.3 Å². The van der Waals surface area contributed by atoms with Crippen LogP contribution in [-0.2, 0) is 19.3 Å². The van der Waals surface area contributed by atoms with Crippen LogP contribution in [0.1, 0.15) is 24.0 Å². The molecule has 0 amide bonds. The number of aryl methyl sites for hydroxylation is 2. The first-order valence-corrected chi connectivity index (χ1v) is 12.2. The number of aromatic nitrogens is 1. The van der Waals surface area contributed by atoms with E-state index >= 15 is 0 Å². The summed E-state index contributed by atoms with van der Waals surface area (Å²) < 4.78 is 53.3. The Balaban J connectivity index is 1.65. The molecular formula is C24H25FN2O4S. The number of halogens is 1. The second kappa shape index (κ2) is 7.79. The highest BCUT2D eigenvalue weighted by Crippen LogP contribution is 2.40. The predicted molar refractivity (Wildman–Crippen MR) is 119 cm³/mol. The lowest BCUT2D eigenvalue weighted by molar-refractivity contribution is -0.169. The van der Waals surface area contributed by atoms with Crippen molar-refractivity contribution in [3.63, 3.8) is 0 Å². The van der Waals surface area contributed by atoms with Crippen LogP contribution in [0.25, 0.3) is 10.9 Å². The minimum absolute atomic E-state index is 0.0862. The number of hydrogen-bond donors (Lipinski definition) is 0. The first-order valence-electron chi connectivity index (χ1n) is 10.7. The van der Waals surface area contributed by atoms with E-state index < -0.39 is 21.4 Å². The molecule has 0 aliphatic carbocycles. The highest BCUT2D eigenvalue weighted by Gasteiger charge is 2.41. The van der Waals surface area contributed by atoms with Gasteiger partial charge in [-0.3, -0.25) is 4.98 Å². The Bertz CT molecular complexity index is 1290. The number of fused-ring (bicyclic) bond motifs is 1. The zero-order chi connectivity index (χ0) is 22.5. The van der Waals surface area contributed by atoms with Crippen LogP contribution in [0.15, 0.2) is 52.4 Å². The van der Waals surface area contributed by atoms with Crippen molar-refractivity contribution in [3.05, 3.63) is 59.5 Å². The van der Waals surface area contributed by atoms with E-state index in [0.717, 1.165) is 11.1 Å². The minimum Gasteiger partial charge on any atom is -0.369 e. The molecule has 6 nitrogen and oxygen atoms in total. The number of anilines is 1. The van der Waals surface area contributed by atoms with Gasteiger partial charge in [0.05, 0.1) is 29.3 Å². The largest absolute Gasteiger partial charge is 0.369 e. The van der Waals surface area contributed by atoms with Crippen molar-refractivity contribution in [2.75, 3.05) is 31.2 Å². The van der Waals surface area contributed by atoms with E-state index in [0.29, 0.717) is 55.7 Å². The van der Waals surface area contributed by atoms with Gasteiger partial charge >= 0.3 is 0 Å². The number of rotatable bonds is 3. The Labute approximate surface area is 186 Å². The van der Waals surface area contributed by atoms with E-state index in [-0.39, 0.29) is 9.79 Å². The molecule has 168 valence electrons. The summed E-state index contributed by atoms with van der Waals surface area (Å²) in [5, 5.41) is 0.485. The average molecular weight is 457 g/mol. The van der Waals surface area contributed by atoms with Crippen molar-refractivity contribution in [2.24, 2.45) is 0 Å². The number of piperidine rings is 1. The maximum Gasteiger partial charge on any atom is 0.210 e. The maximum absolute atomic E-state index is 14.2. The SMILES string of the molecule is Cc1ccc(S(=O)(=O)c2cnc3ccc(F)cc3c2N2CCC3(CC2)OCCO3)cc1C. The number of sulfone groups is 1. The first-order chi connectivity index (χ1) is 15.3. The number of benzene rings is 2. The number of hydrogen-bond acceptors (Lipinski definition) is 6. The molecule has 0 N–H and O–H groups in total. The van der Waals surface area contributed by atoms with Gasteiger partial charge in [-0.15, -0.1) is 0 Å². The topological polar surface area (TPSA) is 68.7 Å². The number of ether oxygens (including phenoxy) is 2. The van der Waals surface area contributed by atoms with Crippen molar-refractivity contribution in [3.8, 4) is 0 Å². The van der Waals surface area contributed by atoms with E-state index in [9.17, 15) is 12.8 Å². The predicted octanol–water partition coefficient (Wildman–Crippen LogP) is 4.17. The Hall–Kier alpha value is -2.55. The maximum atomic E-state index is 14.2. The standard InChI is InChI=1S/C24H25FN2O4S/c1-16-3-5-19(13-17(16)2)32(28,29)22-15-26-21-6-4-18(25)14-20(21)23(22)27-9-7-24(8-10-27)30-11-12-31-24/h3-6,13-15H,7-12H2,1-2H3. The fourth-order valence-electron chi connectivity index (χ4n) is 4.52. The highest BCUT2D eigenvalue weighted by atomic mass is 32.2. The van der Waals surface area contributed by atoms with Crippen LogP contribution in [-0.4, -0.2) is 45.5 Å². The molecule has 0 radical (unpaired) electrons. The van der Waals surface area contributed by atoms with E-state index in [1.807, 2.05) is 18.7 Å². The summed E-state index contributed by atoms with van der Waals surface area (Å²) in [4.78, 5) is 6.64. The third-order valence-electron chi connectivity index (χ3n) is 6.50. The molecular weight excluding hydrogens is 431 g/mol. The number of nitrogens with zero attached hydrogens (tertiary/aromatic N) is 2. The van der Waals surface area contributed by atoms with Crippen molar-refractivity contribution in [1.29, 1.82) is 0 Å². The van der Waals surface area contributed by atoms with Gasteiger partial charge in [0.1, 0.15) is 10.7 Å². The lowest BCUT2D eigenvalue weighted by atomic mass is 10.0. The van der Waals surface area contributed by atoms with Gasteiger partial charge in [-0.2, -0.15) is 0 Å². The van der Waals surface area contributed by atoms with Gasteiger partial charge < -0.3 is 14.4 Å². The lowest BCUT2D eigenvalue weighted by Crippen LogP contribution is -2.45. The third-order valence-corrected chi connectivity index (χ3v) is 8.25. The van der Waals surface area contributed by atoms with Crippen LogP contribution < -0.4 is 4.90 Å². The van der Waals surface area contributed by atoms with Gasteiger partial charge in [-0.05, 0) is 55.3 Å². The minimum atomic E-state index is -3.88. The van der Waals surface area contributed by atoms with E-state index in [2.05, 4.69) is 4.98 Å². The Morgan fingerprint density at radius 3 is 2.41 bits per heavy atom. The zero-order valence-electron chi connectivity index (χ0n) is 18.1. The van der Waals surface area contributed by atoms with Gasteiger partial charge in [0.2, 0.25) is 9.84 Å². The molecule has 1 aromatic heterocycles. The molecule has 2 fully saturated rings. The zero-order valence-corrected chi connectivity index (χ0v) is 18.9. The second-order valence-electron chi connectivity index (χ2n) is 8.48. The Morgan fingerprint density at radius 2 is 1.72 bits per heavy atom. The quantitative estimate of drug-likeness (QED) is 0.589. The van der Waals surface area contributed by atoms with Crippen LogP contribution in [0.2, 0.25) is 0 Å². The molecule has 1 spiro atoms. The summed E-state index contributed by atoms with van der Waals surface area (Å²) in [7, 11) is -3.88. The molecule has 0 atom stereocenters. The summed E-state index contributed by atoms with van der Waals surface area (Å²) in [6.07, 6.45) is 2.61. The molecule has 3 heterocycles. The van der Waals surface area contributed by atoms with E-state index in [4.69, 9.17) is 9.47 Å². The van der Waals surface area contributed by atoms with Crippen LogP contribution in [0.5, 0.6) is 0 Å². The molecule has 3 aromatic rings. The number of pyridine rings is 1. The van der Waals surface area contributed by atoms with Crippen molar-refractivity contribution in [2.45, 2.75) is 42.3 Å². The molecule has 0 bridgehead atoms. The average Bonchev–Trinajstić information content (AvgIpc) is 3.23. The molecule has 0 unspecified atom stereocenters. The molecule has 0 saturated carbocycles. The van der Waals surface area contributed by atoms with Crippen molar-refractivity contribution >= 4 is 26.4 Å². The molecule has 2 aromatic carbocycles. The van der Waals surface area contributed by atoms with Crippen molar-refractivity contribution in [1.82, 2.24) is 4.98 Å². The van der Waals surface area contributed by atoms with Gasteiger partial charge in [0, 0.05) is 37.5 Å². The normalized spacial score (nSPS) is 18.5. The summed E-state index contributed by atoms with van der Waals surface area (Å²) in [6.45, 7) is 6.02. The fourth-order valence-corrected chi connectivity index (χ4v) is 6.04. The molecule has 5 rings (SSSR count). The molecule has 32 heavy (non-hydrogen) atoms. The summed E-state index contributed by atoms with van der Waals surface area (Å²) >= 11 is 0. The Kier molecular flexibility index (Phi) is 5.19. The van der Waals surface area contributed by atoms with Crippen LogP contribution >= 0.6 is 0 Å². The molecule has 8 heteroatoms. The van der Waals surface area contributed by atoms with Gasteiger partial charge in [0.15, 0.2) is 5.79 Å². The van der Waals surface area contributed by atoms with E-state index in [1.165, 1.54) is 18.3 Å². The summed E-state index contributed by atoms with van der Waals surface area (Å²) in [5.74, 6) is -1.03. The van der Waals surface area contributed by atoms with Gasteiger partial charge in [-0.1, -0.05) is 6.07 Å². The monoisotopic (exact) mass is 456 g/mol. The summed E-state index contributed by atoms with van der Waals surface area (Å²) in [6, 6.07) is 9.37. The van der Waals surface area contributed by atoms with Crippen LogP contribution in [0.4, 0.5) is 10.1 Å². The van der Waals surface area contributed by atoms with Crippen LogP contribution in [0, 0.1) is 19.7 Å². The molecule has 2 aliphatic heterocycles. The van der Waals surface area contributed by atoms with E-state index in [1.54, 1.807) is 24.3 Å². The highest BCUT2D eigenvalue weighted by molar-refractivity contribution is 7.91. The summed E-state index contributed by atoms with van der Waals surface area (Å²) in [5.41, 5.74) is 2.94. The van der Waals surface area contributed by atoms with Gasteiger partial charge in [-0.25, -0.2) is 12.8 Å². The van der Waals surface area contributed by atoms with Crippen LogP contribution in [0.3, 0.4) is 0 Å². The lowest BCUT2D eigenvalue weighted by Gasteiger charge is -2.39. The first kappa shape index (κ1) is 21.3. The smallest absolute Gasteiger partial charge is 0.210 e. The molecule has 2 aliphatic rings. The Morgan fingerprint density at radius 1 is 1.00 bits per heavy atom. The van der Waals surface area contributed by atoms with Gasteiger partial charge in [0.25, 0.3) is 0 Å². The fraction of sp³-hybridized carbons (Fsp3) is 0.375. The second-order valence-corrected chi connectivity index (χ2v) is 10.4. The molecule has 2 saturated heterocycles.